The van der Waals surface area contributed by atoms with Crippen LogP contribution in [0.1, 0.15) is 68.0 Å². The predicted octanol–water partition coefficient (Wildman–Crippen LogP) is 6.16. The van der Waals surface area contributed by atoms with Gasteiger partial charge < -0.3 is 14.4 Å². The number of rotatable bonds is 5. The normalized spacial score (nSPS) is 35.1. The Morgan fingerprint density at radius 2 is 1.56 bits per heavy atom. The molecule has 0 unspecified atom stereocenters. The Balaban J connectivity index is 1.51. The van der Waals surface area contributed by atoms with Gasteiger partial charge in [0.2, 0.25) is 5.91 Å². The Kier molecular flexibility index (Phi) is 6.02. The highest BCUT2D eigenvalue weighted by molar-refractivity contribution is 6.31. The van der Waals surface area contributed by atoms with Crippen LogP contribution in [0.3, 0.4) is 0 Å². The average Bonchev–Trinajstić information content (AvgIpc) is 2.87. The van der Waals surface area contributed by atoms with Crippen LogP contribution in [0.4, 0.5) is 0 Å². The van der Waals surface area contributed by atoms with Gasteiger partial charge in [0.1, 0.15) is 5.75 Å². The van der Waals surface area contributed by atoms with Crippen molar-refractivity contribution in [1.82, 2.24) is 4.90 Å². The van der Waals surface area contributed by atoms with Crippen molar-refractivity contribution in [3.63, 3.8) is 0 Å². The summed E-state index contributed by atoms with van der Waals surface area (Å²) in [6.45, 7) is 0. The van der Waals surface area contributed by atoms with E-state index in [1.807, 2.05) is 48.5 Å². The number of nitrogens with zero attached hydrogens (tertiary/aromatic N) is 1. The summed E-state index contributed by atoms with van der Waals surface area (Å²) in [7, 11) is 3.09. The molecule has 1 amide bonds. The van der Waals surface area contributed by atoms with E-state index in [9.17, 15) is 9.59 Å². The maximum atomic E-state index is 14.3. The predicted molar refractivity (Wildman–Crippen MR) is 138 cm³/mol. The van der Waals surface area contributed by atoms with Crippen LogP contribution in [0, 0.1) is 23.7 Å². The molecule has 5 nitrogen and oxygen atoms in total. The third kappa shape index (κ3) is 3.82. The number of piperidine rings is 1. The fourth-order valence-corrected chi connectivity index (χ4v) is 8.81. The number of ether oxygens (including phenoxy) is 2. The highest BCUT2D eigenvalue weighted by atomic mass is 35.5. The molecule has 0 radical (unpaired) electrons. The van der Waals surface area contributed by atoms with E-state index in [0.717, 1.165) is 36.1 Å². The van der Waals surface area contributed by atoms with Crippen LogP contribution in [-0.2, 0) is 14.3 Å². The van der Waals surface area contributed by atoms with E-state index in [-0.39, 0.29) is 29.8 Å². The first-order valence-electron chi connectivity index (χ1n) is 13.2. The first-order chi connectivity index (χ1) is 17.4. The molecule has 3 atom stereocenters. The van der Waals surface area contributed by atoms with Crippen LogP contribution in [0.5, 0.6) is 5.75 Å². The van der Waals surface area contributed by atoms with Gasteiger partial charge in [0.05, 0.1) is 26.2 Å². The number of methoxy groups -OCH3 is 2. The molecule has 1 saturated heterocycles. The summed E-state index contributed by atoms with van der Waals surface area (Å²) in [6, 6.07) is 15.0. The molecule has 4 aliphatic carbocycles. The van der Waals surface area contributed by atoms with E-state index in [4.69, 9.17) is 21.1 Å². The molecule has 5 fully saturated rings. The van der Waals surface area contributed by atoms with Gasteiger partial charge in [-0.25, -0.2) is 0 Å². The van der Waals surface area contributed by atoms with Crippen molar-refractivity contribution < 1.29 is 19.1 Å². The summed E-state index contributed by atoms with van der Waals surface area (Å²) in [5.41, 5.74) is 1.60. The topological polar surface area (TPSA) is 55.8 Å². The molecule has 0 N–H and O–H groups in total. The monoisotopic (exact) mass is 507 g/mol. The third-order valence-electron chi connectivity index (χ3n) is 9.47. The molecule has 7 rings (SSSR count). The minimum Gasteiger partial charge on any atom is -0.497 e. The number of esters is 1. The fourth-order valence-electron chi connectivity index (χ4n) is 8.53. The molecule has 0 spiro atoms. The number of likely N-dealkylation sites (tertiary alicyclic amines) is 1. The molecule has 2 aromatic carbocycles. The number of amides is 1. The highest BCUT2D eigenvalue weighted by Crippen LogP contribution is 2.61. The van der Waals surface area contributed by atoms with Gasteiger partial charge in [0, 0.05) is 22.9 Å². The minimum absolute atomic E-state index is 0.128. The lowest BCUT2D eigenvalue weighted by Gasteiger charge is -2.63. The maximum absolute atomic E-state index is 14.3. The van der Waals surface area contributed by atoms with E-state index in [2.05, 4.69) is 4.90 Å². The second kappa shape index (κ2) is 9.09. The van der Waals surface area contributed by atoms with Gasteiger partial charge in [-0.2, -0.15) is 0 Å². The van der Waals surface area contributed by atoms with Gasteiger partial charge >= 0.3 is 5.97 Å². The van der Waals surface area contributed by atoms with Gasteiger partial charge in [-0.3, -0.25) is 9.59 Å². The number of carbonyl (C=O) groups excluding carboxylic acids is 2. The van der Waals surface area contributed by atoms with Crippen LogP contribution in [0.2, 0.25) is 5.02 Å². The van der Waals surface area contributed by atoms with Gasteiger partial charge in [-0.05, 0) is 85.6 Å². The quantitative estimate of drug-likeness (QED) is 0.454. The van der Waals surface area contributed by atoms with Gasteiger partial charge in [0.25, 0.3) is 0 Å². The van der Waals surface area contributed by atoms with Crippen LogP contribution < -0.4 is 4.74 Å². The number of carbonyl (C=O) groups is 2. The van der Waals surface area contributed by atoms with Crippen molar-refractivity contribution in [3.05, 3.63) is 64.7 Å². The standard InChI is InChI=1S/C30H34ClNO4/c1-35-22-9-7-21(8-10-22)28-27(29(34)36-2)24(23-5-3-4-6-25(23)31)14-26(33)32(28)30-15-18-11-19(16-30)13-20(12-18)17-30/h3-10,18-20,24,27-28H,11-17H2,1-2H3/t18?,19?,20?,24-,27+,28-,30?/m1/s1. The molecular formula is C30H34ClNO4. The average molecular weight is 508 g/mol. The number of benzene rings is 2. The summed E-state index contributed by atoms with van der Waals surface area (Å²) >= 11 is 6.65. The zero-order valence-corrected chi connectivity index (χ0v) is 21.7. The van der Waals surface area contributed by atoms with Gasteiger partial charge in [-0.15, -0.1) is 0 Å². The Morgan fingerprint density at radius 1 is 0.944 bits per heavy atom. The lowest BCUT2D eigenvalue weighted by molar-refractivity contribution is -0.175. The van der Waals surface area contributed by atoms with Crippen LogP contribution >= 0.6 is 11.6 Å². The highest BCUT2D eigenvalue weighted by Gasteiger charge is 2.60. The van der Waals surface area contributed by atoms with E-state index in [0.29, 0.717) is 22.8 Å². The molecule has 190 valence electrons. The fraction of sp³-hybridized carbons (Fsp3) is 0.533. The van der Waals surface area contributed by atoms with Crippen molar-refractivity contribution in [3.8, 4) is 5.75 Å². The van der Waals surface area contributed by atoms with E-state index in [1.165, 1.54) is 26.4 Å². The summed E-state index contributed by atoms with van der Waals surface area (Å²) in [5.74, 6) is 1.73. The molecule has 0 aromatic heterocycles. The van der Waals surface area contributed by atoms with Crippen LogP contribution in [0.15, 0.2) is 48.5 Å². The molecule has 2 aromatic rings. The Hall–Kier alpha value is -2.53. The second-order valence-electron chi connectivity index (χ2n) is 11.5. The first-order valence-corrected chi connectivity index (χ1v) is 13.6. The van der Waals surface area contributed by atoms with Crippen molar-refractivity contribution in [2.75, 3.05) is 14.2 Å². The van der Waals surface area contributed by atoms with Crippen molar-refractivity contribution in [1.29, 1.82) is 0 Å². The molecule has 5 aliphatic rings. The van der Waals surface area contributed by atoms with E-state index >= 15 is 0 Å². The Bertz CT molecular complexity index is 1130. The Labute approximate surface area is 218 Å². The number of hydrogen-bond donors (Lipinski definition) is 0. The molecule has 36 heavy (non-hydrogen) atoms. The number of halogens is 1. The largest absolute Gasteiger partial charge is 0.497 e. The second-order valence-corrected chi connectivity index (χ2v) is 11.9. The van der Waals surface area contributed by atoms with Gasteiger partial charge in [-0.1, -0.05) is 41.9 Å². The zero-order chi connectivity index (χ0) is 25.0. The lowest BCUT2D eigenvalue weighted by atomic mass is 9.51. The lowest BCUT2D eigenvalue weighted by Crippen LogP contribution is -2.65. The van der Waals surface area contributed by atoms with E-state index < -0.39 is 12.0 Å². The van der Waals surface area contributed by atoms with E-state index in [1.54, 1.807) is 7.11 Å². The smallest absolute Gasteiger partial charge is 0.311 e. The molecule has 4 saturated carbocycles. The maximum Gasteiger partial charge on any atom is 0.311 e. The first kappa shape index (κ1) is 23.8. The van der Waals surface area contributed by atoms with Crippen molar-refractivity contribution in [2.45, 2.75) is 62.4 Å². The van der Waals surface area contributed by atoms with Crippen molar-refractivity contribution in [2.24, 2.45) is 23.7 Å². The third-order valence-corrected chi connectivity index (χ3v) is 9.81. The van der Waals surface area contributed by atoms with Crippen LogP contribution in [0.25, 0.3) is 0 Å². The minimum atomic E-state index is -0.547. The molecule has 6 heteroatoms. The van der Waals surface area contributed by atoms with Gasteiger partial charge in [0.15, 0.2) is 0 Å². The summed E-state index contributed by atoms with van der Waals surface area (Å²) in [5, 5.41) is 0.584. The number of hydrogen-bond acceptors (Lipinski definition) is 4. The molecule has 1 aliphatic heterocycles. The molecule has 4 bridgehead atoms. The molecule has 1 heterocycles. The van der Waals surface area contributed by atoms with Crippen molar-refractivity contribution >= 4 is 23.5 Å². The summed E-state index contributed by atoms with van der Waals surface area (Å²) < 4.78 is 10.9. The summed E-state index contributed by atoms with van der Waals surface area (Å²) in [6.07, 6.45) is 7.26. The zero-order valence-electron chi connectivity index (χ0n) is 21.0. The summed E-state index contributed by atoms with van der Waals surface area (Å²) in [4.78, 5) is 30.1. The Morgan fingerprint density at radius 3 is 2.11 bits per heavy atom. The van der Waals surface area contributed by atoms with Crippen LogP contribution in [-0.4, -0.2) is 36.5 Å². The SMILES string of the molecule is COC(=O)[C@H]1[C@@H](c2ccccc2Cl)CC(=O)N(C23CC4CC(CC(C4)C2)C3)[C@@H]1c1ccc(OC)cc1. The molecular weight excluding hydrogens is 474 g/mol.